The van der Waals surface area contributed by atoms with Gasteiger partial charge >= 0.3 is 0 Å². The van der Waals surface area contributed by atoms with E-state index in [1.54, 1.807) is 0 Å². The van der Waals surface area contributed by atoms with Crippen LogP contribution < -0.4 is 5.73 Å². The molecule has 0 spiro atoms. The highest BCUT2D eigenvalue weighted by molar-refractivity contribution is 9.10. The molecule has 0 aliphatic heterocycles. The molecule has 0 bridgehead atoms. The van der Waals surface area contributed by atoms with Crippen molar-refractivity contribution in [3.05, 3.63) is 64.6 Å². The number of rotatable bonds is 3. The average Bonchev–Trinajstić information content (AvgIpc) is 2.85. The number of hydrogen-bond donors (Lipinski definition) is 1. The van der Waals surface area contributed by atoms with Crippen LogP contribution in [0.25, 0.3) is 16.9 Å². The highest BCUT2D eigenvalue weighted by atomic mass is 79.9. The molecular weight excluding hydrogens is 326 g/mol. The molecule has 0 radical (unpaired) electrons. The summed E-state index contributed by atoms with van der Waals surface area (Å²) in [7, 11) is 0. The number of nitrogens with two attached hydrogens (primary N) is 1. The van der Waals surface area contributed by atoms with E-state index < -0.39 is 0 Å². The Morgan fingerprint density at radius 1 is 1.05 bits per heavy atom. The fourth-order valence-corrected chi connectivity index (χ4v) is 2.68. The van der Waals surface area contributed by atoms with Crippen molar-refractivity contribution < 1.29 is 0 Å². The van der Waals surface area contributed by atoms with Crippen molar-refractivity contribution in [3.63, 3.8) is 0 Å². The molecule has 3 rings (SSSR count). The van der Waals surface area contributed by atoms with Crippen LogP contribution in [0.1, 0.15) is 12.5 Å². The van der Waals surface area contributed by atoms with Crippen LogP contribution in [0.3, 0.4) is 0 Å². The van der Waals surface area contributed by atoms with Crippen molar-refractivity contribution in [2.24, 2.45) is 0 Å². The van der Waals surface area contributed by atoms with Gasteiger partial charge in [0, 0.05) is 15.6 Å². The Bertz CT molecular complexity index is 746. The Balaban J connectivity index is 2.16. The van der Waals surface area contributed by atoms with E-state index >= 15 is 0 Å². The second-order valence-electron chi connectivity index (χ2n) is 4.82. The van der Waals surface area contributed by atoms with E-state index in [4.69, 9.17) is 10.8 Å². The smallest absolute Gasteiger partial charge is 0.131 e. The van der Waals surface area contributed by atoms with Crippen LogP contribution >= 0.6 is 15.9 Å². The van der Waals surface area contributed by atoms with E-state index in [9.17, 15) is 0 Å². The molecule has 106 valence electrons. The molecule has 3 nitrogen and oxygen atoms in total. The molecule has 0 saturated heterocycles. The fraction of sp³-hybridized carbons (Fsp3) is 0.118. The maximum absolute atomic E-state index is 6.31. The summed E-state index contributed by atoms with van der Waals surface area (Å²) in [6.45, 7) is 2.10. The molecule has 21 heavy (non-hydrogen) atoms. The lowest BCUT2D eigenvalue weighted by Crippen LogP contribution is -2.02. The number of para-hydroxylation sites is 1. The molecule has 3 aromatic rings. The van der Waals surface area contributed by atoms with Gasteiger partial charge in [-0.25, -0.2) is 4.68 Å². The lowest BCUT2D eigenvalue weighted by Gasteiger charge is -2.03. The minimum absolute atomic E-state index is 0.710. The number of anilines is 1. The van der Waals surface area contributed by atoms with Gasteiger partial charge in [-0.1, -0.05) is 53.2 Å². The first-order valence-electron chi connectivity index (χ1n) is 6.89. The molecular formula is C17H16BrN3. The molecule has 1 aromatic heterocycles. The third kappa shape index (κ3) is 2.59. The fourth-order valence-electron chi connectivity index (χ4n) is 2.42. The second-order valence-corrected chi connectivity index (χ2v) is 5.74. The van der Waals surface area contributed by atoms with Crippen molar-refractivity contribution in [2.75, 3.05) is 5.73 Å². The molecule has 1 heterocycles. The van der Waals surface area contributed by atoms with Crippen molar-refractivity contribution >= 4 is 21.7 Å². The summed E-state index contributed by atoms with van der Waals surface area (Å²) in [5, 5.41) is 4.73. The van der Waals surface area contributed by atoms with Crippen LogP contribution in [-0.2, 0) is 6.42 Å². The third-order valence-corrected chi connectivity index (χ3v) is 4.02. The van der Waals surface area contributed by atoms with Gasteiger partial charge in [-0.05, 0) is 30.7 Å². The van der Waals surface area contributed by atoms with Crippen molar-refractivity contribution in [2.45, 2.75) is 13.3 Å². The predicted molar refractivity (Wildman–Crippen MR) is 90.5 cm³/mol. The Hall–Kier alpha value is -2.07. The first kappa shape index (κ1) is 13.9. The highest BCUT2D eigenvalue weighted by Gasteiger charge is 2.16. The van der Waals surface area contributed by atoms with E-state index in [0.717, 1.165) is 33.4 Å². The zero-order valence-electron chi connectivity index (χ0n) is 11.8. The molecule has 2 N–H and O–H groups in total. The highest BCUT2D eigenvalue weighted by Crippen LogP contribution is 2.30. The second kappa shape index (κ2) is 5.74. The van der Waals surface area contributed by atoms with Crippen molar-refractivity contribution in [1.29, 1.82) is 0 Å². The van der Waals surface area contributed by atoms with Crippen LogP contribution in [-0.4, -0.2) is 9.78 Å². The molecule has 0 aliphatic carbocycles. The Morgan fingerprint density at radius 3 is 2.33 bits per heavy atom. The maximum atomic E-state index is 6.31. The number of aromatic nitrogens is 2. The van der Waals surface area contributed by atoms with E-state index in [-0.39, 0.29) is 0 Å². The summed E-state index contributed by atoms with van der Waals surface area (Å²) >= 11 is 3.46. The van der Waals surface area contributed by atoms with Crippen LogP contribution in [0, 0.1) is 0 Å². The Morgan fingerprint density at radius 2 is 1.71 bits per heavy atom. The molecule has 0 amide bonds. The Kier molecular flexibility index (Phi) is 3.80. The number of halogens is 1. The summed E-state index contributed by atoms with van der Waals surface area (Å²) in [4.78, 5) is 0. The van der Waals surface area contributed by atoms with Crippen LogP contribution in [0.5, 0.6) is 0 Å². The number of nitrogen functional groups attached to an aromatic ring is 1. The molecule has 4 heteroatoms. The molecule has 0 saturated carbocycles. The first-order chi connectivity index (χ1) is 10.2. The summed E-state index contributed by atoms with van der Waals surface area (Å²) in [6, 6.07) is 18.1. The van der Waals surface area contributed by atoms with Crippen LogP contribution in [0.15, 0.2) is 59.1 Å². The van der Waals surface area contributed by atoms with E-state index in [1.165, 1.54) is 0 Å². The number of benzene rings is 2. The molecule has 0 fully saturated rings. The molecule has 0 atom stereocenters. The molecule has 2 aromatic carbocycles. The van der Waals surface area contributed by atoms with E-state index in [1.807, 2.05) is 47.1 Å². The number of hydrogen-bond acceptors (Lipinski definition) is 2. The van der Waals surface area contributed by atoms with E-state index in [2.05, 4.69) is 35.0 Å². The van der Waals surface area contributed by atoms with Crippen LogP contribution in [0.4, 0.5) is 5.82 Å². The quantitative estimate of drug-likeness (QED) is 0.764. The first-order valence-corrected chi connectivity index (χ1v) is 7.68. The molecule has 0 unspecified atom stereocenters. The molecule has 0 aliphatic rings. The summed E-state index contributed by atoms with van der Waals surface area (Å²) in [5.74, 6) is 0.710. The largest absolute Gasteiger partial charge is 0.383 e. The SMILES string of the molecule is CCc1c(-c2ccc(Br)cc2)nn(-c2ccccc2)c1N. The topological polar surface area (TPSA) is 43.8 Å². The van der Waals surface area contributed by atoms with Gasteiger partial charge in [-0.2, -0.15) is 5.10 Å². The minimum atomic E-state index is 0.710. The maximum Gasteiger partial charge on any atom is 0.131 e. The van der Waals surface area contributed by atoms with Gasteiger partial charge < -0.3 is 5.73 Å². The van der Waals surface area contributed by atoms with Gasteiger partial charge in [-0.15, -0.1) is 0 Å². The lowest BCUT2D eigenvalue weighted by atomic mass is 10.1. The third-order valence-electron chi connectivity index (χ3n) is 3.50. The van der Waals surface area contributed by atoms with Crippen molar-refractivity contribution in [1.82, 2.24) is 9.78 Å². The summed E-state index contributed by atoms with van der Waals surface area (Å²) in [5.41, 5.74) is 10.4. The van der Waals surface area contributed by atoms with E-state index in [0.29, 0.717) is 5.82 Å². The van der Waals surface area contributed by atoms with Crippen LogP contribution in [0.2, 0.25) is 0 Å². The van der Waals surface area contributed by atoms with Gasteiger partial charge in [0.05, 0.1) is 11.4 Å². The lowest BCUT2D eigenvalue weighted by molar-refractivity contribution is 0.894. The van der Waals surface area contributed by atoms with Gasteiger partial charge in [0.2, 0.25) is 0 Å². The monoisotopic (exact) mass is 341 g/mol. The zero-order valence-corrected chi connectivity index (χ0v) is 13.3. The average molecular weight is 342 g/mol. The van der Waals surface area contributed by atoms with Crippen molar-refractivity contribution in [3.8, 4) is 16.9 Å². The normalized spacial score (nSPS) is 10.8. The summed E-state index contributed by atoms with van der Waals surface area (Å²) < 4.78 is 2.87. The summed E-state index contributed by atoms with van der Waals surface area (Å²) in [6.07, 6.45) is 0.851. The van der Waals surface area contributed by atoms with Gasteiger partial charge in [0.15, 0.2) is 0 Å². The minimum Gasteiger partial charge on any atom is -0.383 e. The Labute approximate surface area is 132 Å². The predicted octanol–water partition coefficient (Wildman–Crippen LogP) is 4.45. The van der Waals surface area contributed by atoms with Gasteiger partial charge in [0.25, 0.3) is 0 Å². The zero-order chi connectivity index (χ0) is 14.8. The van der Waals surface area contributed by atoms with Gasteiger partial charge in [-0.3, -0.25) is 0 Å². The standard InChI is InChI=1S/C17H16BrN3/c1-2-15-16(12-8-10-13(18)11-9-12)20-21(17(15)19)14-6-4-3-5-7-14/h3-11H,2,19H2,1H3. The van der Waals surface area contributed by atoms with Gasteiger partial charge in [0.1, 0.15) is 5.82 Å². The number of nitrogens with zero attached hydrogens (tertiary/aromatic N) is 2.